The summed E-state index contributed by atoms with van der Waals surface area (Å²) in [6, 6.07) is 16.0. The molecule has 3 aromatic rings. The highest BCUT2D eigenvalue weighted by molar-refractivity contribution is 6.07. The smallest absolute Gasteiger partial charge is 0.467 e. The van der Waals surface area contributed by atoms with Crippen LogP contribution in [0.2, 0.25) is 0 Å². The Bertz CT molecular complexity index is 1360. The number of amides is 1. The number of carbonyl (C=O) groups is 2. The number of hydrogen-bond donors (Lipinski definition) is 1. The van der Waals surface area contributed by atoms with Crippen LogP contribution in [0.1, 0.15) is 50.0 Å². The van der Waals surface area contributed by atoms with Crippen molar-refractivity contribution in [3.63, 3.8) is 0 Å². The van der Waals surface area contributed by atoms with Crippen LogP contribution in [-0.2, 0) is 9.59 Å². The van der Waals surface area contributed by atoms with E-state index in [2.05, 4.69) is 24.1 Å². The van der Waals surface area contributed by atoms with Gasteiger partial charge in [-0.3, -0.25) is 14.5 Å². The number of fused-ring (bicyclic) bond motifs is 1. The number of nitrogens with zero attached hydrogens (tertiary/aromatic N) is 2. The number of allylic oxidation sites excluding steroid dienone is 1. The first-order chi connectivity index (χ1) is 18.2. The van der Waals surface area contributed by atoms with Crippen molar-refractivity contribution in [3.05, 3.63) is 89.5 Å². The van der Waals surface area contributed by atoms with Crippen molar-refractivity contribution in [2.45, 2.75) is 44.8 Å². The minimum atomic E-state index is -5.16. The van der Waals surface area contributed by atoms with Gasteiger partial charge >= 0.3 is 12.1 Å². The fourth-order valence-corrected chi connectivity index (χ4v) is 5.45. The number of hydrogen-bond acceptors (Lipinski definition) is 5. The van der Waals surface area contributed by atoms with E-state index in [-0.39, 0.29) is 35.1 Å². The lowest BCUT2D eigenvalue weighted by molar-refractivity contribution is -0.171. The van der Waals surface area contributed by atoms with Crippen LogP contribution in [0, 0.1) is 0 Å². The number of benzene rings is 2. The predicted molar refractivity (Wildman–Crippen MR) is 139 cm³/mol. The Balaban J connectivity index is 1.61. The molecule has 0 spiro atoms. The Morgan fingerprint density at radius 2 is 1.74 bits per heavy atom. The van der Waals surface area contributed by atoms with Crippen LogP contribution in [0.25, 0.3) is 0 Å². The number of halogens is 3. The highest BCUT2D eigenvalue weighted by Crippen LogP contribution is 2.48. The average Bonchev–Trinajstić information content (AvgIpc) is 3.38. The molecule has 0 radical (unpaired) electrons. The number of ketones is 1. The van der Waals surface area contributed by atoms with Gasteiger partial charge in [-0.1, -0.05) is 24.3 Å². The lowest BCUT2D eigenvalue weighted by Crippen LogP contribution is -2.45. The van der Waals surface area contributed by atoms with Gasteiger partial charge in [-0.2, -0.15) is 13.2 Å². The molecule has 0 saturated heterocycles. The lowest BCUT2D eigenvalue weighted by Gasteiger charge is -2.34. The maximum atomic E-state index is 13.9. The molecule has 2 aliphatic rings. The van der Waals surface area contributed by atoms with Crippen LogP contribution in [0.5, 0.6) is 0 Å². The fourth-order valence-electron chi connectivity index (χ4n) is 5.45. The van der Waals surface area contributed by atoms with E-state index in [9.17, 15) is 22.8 Å². The molecule has 0 bridgehead atoms. The SMILES string of the molecule is CCN(CC)c1ccc([C@@H]2CC(=O)C3=C(C2)Nc2ccccc2N(C(=O)C(F)(F)F)[C@@H]3c2ccco2)cc1. The molecule has 2 atom stereocenters. The van der Waals surface area contributed by atoms with Crippen molar-refractivity contribution < 1.29 is 27.2 Å². The van der Waals surface area contributed by atoms with Crippen LogP contribution in [0.3, 0.4) is 0 Å². The Morgan fingerprint density at radius 1 is 1.03 bits per heavy atom. The van der Waals surface area contributed by atoms with Crippen LogP contribution >= 0.6 is 0 Å². The monoisotopic (exact) mass is 523 g/mol. The van der Waals surface area contributed by atoms with Gasteiger partial charge in [0.25, 0.3) is 0 Å². The maximum Gasteiger partial charge on any atom is 0.471 e. The van der Waals surface area contributed by atoms with Crippen LogP contribution in [-0.4, -0.2) is 31.0 Å². The summed E-state index contributed by atoms with van der Waals surface area (Å²) in [7, 11) is 0. The third-order valence-electron chi connectivity index (χ3n) is 7.26. The minimum absolute atomic E-state index is 0.0264. The van der Waals surface area contributed by atoms with E-state index >= 15 is 0 Å². The molecule has 38 heavy (non-hydrogen) atoms. The van der Waals surface area contributed by atoms with Crippen molar-refractivity contribution in [2.75, 3.05) is 28.2 Å². The number of para-hydroxylation sites is 2. The van der Waals surface area contributed by atoms with Crippen LogP contribution < -0.4 is 15.1 Å². The molecule has 0 saturated carbocycles. The summed E-state index contributed by atoms with van der Waals surface area (Å²) >= 11 is 0. The number of rotatable bonds is 5. The van der Waals surface area contributed by atoms with Gasteiger partial charge in [0.05, 0.1) is 17.6 Å². The number of anilines is 3. The molecule has 198 valence electrons. The molecule has 2 aromatic carbocycles. The molecule has 1 aliphatic carbocycles. The second kappa shape index (κ2) is 10.0. The third-order valence-corrected chi connectivity index (χ3v) is 7.26. The molecular weight excluding hydrogens is 495 g/mol. The first-order valence-corrected chi connectivity index (χ1v) is 12.6. The van der Waals surface area contributed by atoms with Gasteiger partial charge < -0.3 is 14.6 Å². The molecule has 0 fully saturated rings. The summed E-state index contributed by atoms with van der Waals surface area (Å²) in [5, 5.41) is 3.22. The minimum Gasteiger partial charge on any atom is -0.467 e. The Labute approximate surface area is 218 Å². The van der Waals surface area contributed by atoms with E-state index in [1.54, 1.807) is 18.2 Å². The molecule has 9 heteroatoms. The largest absolute Gasteiger partial charge is 0.471 e. The Kier molecular flexibility index (Phi) is 6.77. The van der Waals surface area contributed by atoms with Gasteiger partial charge in [0.1, 0.15) is 11.8 Å². The number of furan rings is 1. The van der Waals surface area contributed by atoms with E-state index < -0.39 is 18.1 Å². The van der Waals surface area contributed by atoms with Gasteiger partial charge in [0.15, 0.2) is 5.78 Å². The van der Waals surface area contributed by atoms with E-state index in [0.29, 0.717) is 22.7 Å². The van der Waals surface area contributed by atoms with Crippen molar-refractivity contribution in [3.8, 4) is 0 Å². The zero-order valence-corrected chi connectivity index (χ0v) is 21.1. The first-order valence-electron chi connectivity index (χ1n) is 12.6. The second-order valence-corrected chi connectivity index (χ2v) is 9.42. The topological polar surface area (TPSA) is 65.8 Å². The first kappa shape index (κ1) is 25.6. The predicted octanol–water partition coefficient (Wildman–Crippen LogP) is 6.59. The third kappa shape index (κ3) is 4.57. The van der Waals surface area contributed by atoms with Gasteiger partial charge in [-0.25, -0.2) is 0 Å². The van der Waals surface area contributed by atoms with Crippen LogP contribution in [0.15, 0.2) is 82.6 Å². The summed E-state index contributed by atoms with van der Waals surface area (Å²) in [5.41, 5.74) is 3.00. The summed E-state index contributed by atoms with van der Waals surface area (Å²) in [6.07, 6.45) is -3.34. The summed E-state index contributed by atoms with van der Waals surface area (Å²) in [6.45, 7) is 5.92. The van der Waals surface area contributed by atoms with Crippen molar-refractivity contribution in [1.29, 1.82) is 0 Å². The quantitative estimate of drug-likeness (QED) is 0.409. The molecule has 1 N–H and O–H groups in total. The van der Waals surface area contributed by atoms with E-state index in [0.717, 1.165) is 24.3 Å². The van der Waals surface area contributed by atoms with Gasteiger partial charge in [-0.05, 0) is 68.1 Å². The summed E-state index contributed by atoms with van der Waals surface area (Å²) in [4.78, 5) is 29.4. The second-order valence-electron chi connectivity index (χ2n) is 9.42. The number of nitrogens with one attached hydrogen (secondary N) is 1. The number of Topliss-reactive ketones (excluding diaryl/α,β-unsaturated/α-hetero) is 1. The van der Waals surface area contributed by atoms with Gasteiger partial charge in [0.2, 0.25) is 0 Å². The normalized spacial score (nSPS) is 19.4. The lowest BCUT2D eigenvalue weighted by atomic mass is 9.79. The Hall–Kier alpha value is -4.01. The maximum absolute atomic E-state index is 13.9. The standard InChI is InChI=1S/C29H28F3N3O3/c1-3-34(4-2)20-13-11-18(12-14-20)19-16-22-26(24(36)17-19)27(25-10-7-15-38-25)35(28(37)29(30,31)32)23-9-6-5-8-21(23)33-22/h5-15,19,27,33H,3-4,16-17H2,1-2H3/t19-,27+/m0/s1. The Morgan fingerprint density at radius 3 is 2.37 bits per heavy atom. The molecule has 1 amide bonds. The van der Waals surface area contributed by atoms with Crippen molar-refractivity contribution in [1.82, 2.24) is 0 Å². The molecule has 2 heterocycles. The van der Waals surface area contributed by atoms with E-state index in [1.165, 1.54) is 24.5 Å². The number of carbonyl (C=O) groups excluding carboxylic acids is 2. The van der Waals surface area contributed by atoms with Gasteiger partial charge in [0, 0.05) is 36.5 Å². The molecule has 6 nitrogen and oxygen atoms in total. The summed E-state index contributed by atoms with van der Waals surface area (Å²) in [5.74, 6) is -2.48. The zero-order chi connectivity index (χ0) is 27.0. The fraction of sp³-hybridized carbons (Fsp3) is 0.310. The average molecular weight is 524 g/mol. The molecular formula is C29H28F3N3O3. The van der Waals surface area contributed by atoms with Crippen molar-refractivity contribution >= 4 is 28.8 Å². The molecule has 5 rings (SSSR count). The highest BCUT2D eigenvalue weighted by Gasteiger charge is 2.50. The number of alkyl halides is 3. The van der Waals surface area contributed by atoms with Crippen molar-refractivity contribution in [2.24, 2.45) is 0 Å². The molecule has 0 unspecified atom stereocenters. The molecule has 1 aliphatic heterocycles. The van der Waals surface area contributed by atoms with Crippen LogP contribution in [0.4, 0.5) is 30.2 Å². The highest BCUT2D eigenvalue weighted by atomic mass is 19.4. The van der Waals surface area contributed by atoms with Gasteiger partial charge in [-0.15, -0.1) is 0 Å². The zero-order valence-electron chi connectivity index (χ0n) is 21.1. The van der Waals surface area contributed by atoms with E-state index in [1.807, 2.05) is 24.3 Å². The summed E-state index contributed by atoms with van der Waals surface area (Å²) < 4.78 is 47.1. The molecule has 1 aromatic heterocycles. The van der Waals surface area contributed by atoms with E-state index in [4.69, 9.17) is 4.42 Å².